The zero-order valence-electron chi connectivity index (χ0n) is 14.8. The molecule has 0 saturated carbocycles. The molecule has 3 nitrogen and oxygen atoms in total. The maximum atomic E-state index is 5.92. The van der Waals surface area contributed by atoms with Gasteiger partial charge in [0, 0.05) is 4.47 Å². The fraction of sp³-hybridized carbons (Fsp3) is 0.273. The summed E-state index contributed by atoms with van der Waals surface area (Å²) in [5, 5.41) is 0. The molecule has 2 aromatic carbocycles. The number of hydrogen-bond acceptors (Lipinski definition) is 3. The van der Waals surface area contributed by atoms with Crippen molar-refractivity contribution in [2.75, 3.05) is 19.8 Å². The van der Waals surface area contributed by atoms with Gasteiger partial charge in [0.15, 0.2) is 6.29 Å². The Bertz CT molecular complexity index is 727. The second-order valence-electron chi connectivity index (χ2n) is 6.00. The first-order valence-electron chi connectivity index (χ1n) is 8.75. The zero-order chi connectivity index (χ0) is 18.2. The van der Waals surface area contributed by atoms with Crippen LogP contribution in [0.15, 0.2) is 77.3 Å². The molecule has 3 rings (SSSR count). The van der Waals surface area contributed by atoms with Crippen LogP contribution in [-0.4, -0.2) is 26.1 Å². The van der Waals surface area contributed by atoms with Gasteiger partial charge in [-0.1, -0.05) is 76.6 Å². The highest BCUT2D eigenvalue weighted by molar-refractivity contribution is 9.10. The molecular formula is C22H23BrO3. The monoisotopic (exact) mass is 414 g/mol. The van der Waals surface area contributed by atoms with Gasteiger partial charge in [-0.15, -0.1) is 0 Å². The number of hydrogen-bond donors (Lipinski definition) is 0. The van der Waals surface area contributed by atoms with E-state index in [-0.39, 0.29) is 12.4 Å². The molecule has 1 saturated heterocycles. The average Bonchev–Trinajstić information content (AvgIpc) is 2.69. The minimum atomic E-state index is -0.302. The van der Waals surface area contributed by atoms with E-state index in [1.54, 1.807) is 0 Å². The van der Waals surface area contributed by atoms with Crippen molar-refractivity contribution in [2.24, 2.45) is 0 Å². The number of halogens is 1. The molecular weight excluding hydrogens is 392 g/mol. The van der Waals surface area contributed by atoms with Crippen molar-refractivity contribution < 1.29 is 14.2 Å². The third-order valence-corrected chi connectivity index (χ3v) is 4.67. The smallest absolute Gasteiger partial charge is 0.181 e. The summed E-state index contributed by atoms with van der Waals surface area (Å²) < 4.78 is 18.4. The lowest BCUT2D eigenvalue weighted by molar-refractivity contribution is -0.232. The van der Waals surface area contributed by atoms with E-state index >= 15 is 0 Å². The van der Waals surface area contributed by atoms with Crippen LogP contribution in [0.2, 0.25) is 0 Å². The molecule has 0 N–H and O–H groups in total. The maximum Gasteiger partial charge on any atom is 0.181 e. The Hall–Kier alpha value is -1.72. The molecule has 0 aliphatic carbocycles. The fourth-order valence-electron chi connectivity index (χ4n) is 2.72. The van der Waals surface area contributed by atoms with Crippen molar-refractivity contribution in [3.8, 4) is 11.1 Å². The van der Waals surface area contributed by atoms with Gasteiger partial charge in [-0.3, -0.25) is 0 Å². The average molecular weight is 415 g/mol. The van der Waals surface area contributed by atoms with Gasteiger partial charge in [-0.05, 0) is 35.7 Å². The summed E-state index contributed by atoms with van der Waals surface area (Å²) in [4.78, 5) is 0. The largest absolute Gasteiger partial charge is 0.366 e. The predicted molar refractivity (Wildman–Crippen MR) is 108 cm³/mol. The van der Waals surface area contributed by atoms with Crippen LogP contribution >= 0.6 is 15.9 Å². The third-order valence-electron chi connectivity index (χ3n) is 4.14. The summed E-state index contributed by atoms with van der Waals surface area (Å²) >= 11 is 3.47. The first-order valence-corrected chi connectivity index (χ1v) is 9.54. The lowest BCUT2D eigenvalue weighted by Crippen LogP contribution is -2.33. The Morgan fingerprint density at radius 3 is 2.27 bits per heavy atom. The quantitative estimate of drug-likeness (QED) is 0.569. The summed E-state index contributed by atoms with van der Waals surface area (Å²) in [7, 11) is 0. The van der Waals surface area contributed by atoms with Crippen molar-refractivity contribution in [1.29, 1.82) is 0 Å². The second-order valence-corrected chi connectivity index (χ2v) is 6.92. The van der Waals surface area contributed by atoms with Crippen LogP contribution in [-0.2, 0) is 14.2 Å². The molecule has 0 amide bonds. The van der Waals surface area contributed by atoms with Gasteiger partial charge in [0.1, 0.15) is 6.10 Å². The van der Waals surface area contributed by atoms with E-state index in [1.165, 1.54) is 11.1 Å². The molecule has 136 valence electrons. The molecule has 4 heteroatoms. The predicted octanol–water partition coefficient (Wildman–Crippen LogP) is 5.68. The Balaban J connectivity index is 1.51. The van der Waals surface area contributed by atoms with Crippen LogP contribution in [0.3, 0.4) is 0 Å². The van der Waals surface area contributed by atoms with E-state index in [9.17, 15) is 0 Å². The minimum absolute atomic E-state index is 0.0487. The van der Waals surface area contributed by atoms with Crippen molar-refractivity contribution >= 4 is 15.9 Å². The maximum absolute atomic E-state index is 5.92. The van der Waals surface area contributed by atoms with Crippen molar-refractivity contribution in [2.45, 2.75) is 19.3 Å². The molecule has 1 aliphatic heterocycles. The molecule has 0 spiro atoms. The van der Waals surface area contributed by atoms with Crippen LogP contribution in [0.4, 0.5) is 0 Å². The molecule has 0 aromatic heterocycles. The summed E-state index contributed by atoms with van der Waals surface area (Å²) in [6.45, 7) is 3.44. The van der Waals surface area contributed by atoms with Gasteiger partial charge in [-0.25, -0.2) is 0 Å². The van der Waals surface area contributed by atoms with Gasteiger partial charge in [-0.2, -0.15) is 0 Å². The minimum Gasteiger partial charge on any atom is -0.366 e. The van der Waals surface area contributed by atoms with Crippen LogP contribution in [0.25, 0.3) is 11.1 Å². The molecule has 0 radical (unpaired) electrons. The van der Waals surface area contributed by atoms with Crippen LogP contribution in [0, 0.1) is 0 Å². The standard InChI is InChI=1S/C22H23BrO3/c1-2-3-4-5-14-24-22-16-25-21(15-26-22)19-8-6-17(7-9-19)18-10-12-20(23)13-11-18/h2-13,21-22H,14-16H2,1H3/b3-2+,5-4+/t21-,22+/m1/s1. The summed E-state index contributed by atoms with van der Waals surface area (Å²) in [5.74, 6) is 0. The van der Waals surface area contributed by atoms with Crippen LogP contribution in [0.1, 0.15) is 18.6 Å². The van der Waals surface area contributed by atoms with E-state index in [2.05, 4.69) is 64.5 Å². The van der Waals surface area contributed by atoms with E-state index < -0.39 is 0 Å². The van der Waals surface area contributed by atoms with E-state index in [4.69, 9.17) is 14.2 Å². The van der Waals surface area contributed by atoms with Crippen LogP contribution < -0.4 is 0 Å². The van der Waals surface area contributed by atoms with Gasteiger partial charge < -0.3 is 14.2 Å². The lowest BCUT2D eigenvalue weighted by atomic mass is 10.0. The molecule has 0 bridgehead atoms. The second kappa shape index (κ2) is 9.83. The molecule has 1 fully saturated rings. The van der Waals surface area contributed by atoms with Gasteiger partial charge in [0.05, 0.1) is 19.8 Å². The summed E-state index contributed by atoms with van der Waals surface area (Å²) in [6, 6.07) is 16.8. The van der Waals surface area contributed by atoms with Gasteiger partial charge >= 0.3 is 0 Å². The van der Waals surface area contributed by atoms with Gasteiger partial charge in [0.2, 0.25) is 0 Å². The normalized spacial score (nSPS) is 20.8. The molecule has 26 heavy (non-hydrogen) atoms. The van der Waals surface area contributed by atoms with E-state index in [0.29, 0.717) is 19.8 Å². The van der Waals surface area contributed by atoms with Crippen LogP contribution in [0.5, 0.6) is 0 Å². The fourth-order valence-corrected chi connectivity index (χ4v) is 2.98. The SMILES string of the molecule is C/C=C/C=C/CO[C@@H]1CO[C@@H](c2ccc(-c3ccc(Br)cc3)cc2)CO1. The Morgan fingerprint density at radius 1 is 0.962 bits per heavy atom. The first-order chi connectivity index (χ1) is 12.8. The summed E-state index contributed by atoms with van der Waals surface area (Å²) in [6.07, 6.45) is 7.50. The lowest BCUT2D eigenvalue weighted by Gasteiger charge is -2.29. The highest BCUT2D eigenvalue weighted by Crippen LogP contribution is 2.27. The molecule has 0 unspecified atom stereocenters. The third kappa shape index (κ3) is 5.39. The Morgan fingerprint density at radius 2 is 1.65 bits per heavy atom. The molecule has 1 aliphatic rings. The van der Waals surface area contributed by atoms with E-state index in [1.807, 2.05) is 31.2 Å². The summed E-state index contributed by atoms with van der Waals surface area (Å²) in [5.41, 5.74) is 3.50. The molecule has 2 aromatic rings. The zero-order valence-corrected chi connectivity index (χ0v) is 16.4. The molecule has 2 atom stereocenters. The molecule has 1 heterocycles. The Kier molecular flexibility index (Phi) is 7.21. The topological polar surface area (TPSA) is 27.7 Å². The Labute approximate surface area is 163 Å². The number of benzene rings is 2. The van der Waals surface area contributed by atoms with Crippen molar-refractivity contribution in [3.05, 3.63) is 82.9 Å². The van der Waals surface area contributed by atoms with Crippen molar-refractivity contribution in [1.82, 2.24) is 0 Å². The number of ether oxygens (including phenoxy) is 3. The van der Waals surface area contributed by atoms with Crippen molar-refractivity contribution in [3.63, 3.8) is 0 Å². The number of allylic oxidation sites excluding steroid dienone is 3. The first kappa shape index (κ1) is 19.1. The van der Waals surface area contributed by atoms with E-state index in [0.717, 1.165) is 10.0 Å². The highest BCUT2D eigenvalue weighted by Gasteiger charge is 2.23. The highest BCUT2D eigenvalue weighted by atomic mass is 79.9. The van der Waals surface area contributed by atoms with Gasteiger partial charge in [0.25, 0.3) is 0 Å². The number of rotatable bonds is 6.